The van der Waals surface area contributed by atoms with Crippen LogP contribution in [0.1, 0.15) is 17.7 Å². The molecule has 0 saturated carbocycles. The minimum absolute atomic E-state index is 0.0435. The Kier molecular flexibility index (Phi) is 2.68. The molecular weight excluding hydrogens is 210 g/mol. The lowest BCUT2D eigenvalue weighted by Gasteiger charge is -2.08. The van der Waals surface area contributed by atoms with Crippen LogP contribution in [-0.4, -0.2) is 4.98 Å². The number of rotatable bonds is 2. The summed E-state index contributed by atoms with van der Waals surface area (Å²) >= 11 is 4.36. The molecule has 0 aliphatic heterocycles. The number of furan rings is 1. The fourth-order valence-electron chi connectivity index (χ4n) is 1.46. The topological polar surface area (TPSA) is 46.0 Å². The van der Waals surface area contributed by atoms with E-state index in [0.29, 0.717) is 11.5 Å². The van der Waals surface area contributed by atoms with Crippen LogP contribution in [0.5, 0.6) is 0 Å². The van der Waals surface area contributed by atoms with Crippen molar-refractivity contribution in [3.05, 3.63) is 46.4 Å². The number of nitrogens with one attached hydrogen (secondary N) is 1. The highest BCUT2D eigenvalue weighted by Gasteiger charge is 2.11. The molecule has 0 saturated heterocycles. The van der Waals surface area contributed by atoms with E-state index < -0.39 is 0 Å². The van der Waals surface area contributed by atoms with Gasteiger partial charge in [0.05, 0.1) is 12.0 Å². The van der Waals surface area contributed by atoms with Crippen molar-refractivity contribution in [3.63, 3.8) is 0 Å². The quantitative estimate of drug-likeness (QED) is 0.766. The van der Waals surface area contributed by atoms with Crippen LogP contribution in [0.15, 0.2) is 39.7 Å². The van der Waals surface area contributed by atoms with Gasteiger partial charge in [-0.15, -0.1) is 0 Å². The summed E-state index contributed by atoms with van der Waals surface area (Å²) in [6.07, 6.45) is 1.58. The number of thiol groups is 1. The fraction of sp³-hybridized carbons (Fsp3) is 0.182. The van der Waals surface area contributed by atoms with Crippen LogP contribution in [-0.2, 0) is 0 Å². The van der Waals surface area contributed by atoms with E-state index in [9.17, 15) is 4.79 Å². The van der Waals surface area contributed by atoms with Gasteiger partial charge in [0.25, 0.3) is 0 Å². The number of aromatic nitrogens is 1. The van der Waals surface area contributed by atoms with Crippen molar-refractivity contribution in [3.8, 4) is 11.5 Å². The van der Waals surface area contributed by atoms with Gasteiger partial charge in [-0.2, -0.15) is 12.6 Å². The van der Waals surface area contributed by atoms with E-state index in [1.807, 2.05) is 13.0 Å². The van der Waals surface area contributed by atoms with Gasteiger partial charge in [0.1, 0.15) is 5.76 Å². The predicted octanol–water partition coefficient (Wildman–Crippen LogP) is 2.63. The molecule has 78 valence electrons. The monoisotopic (exact) mass is 221 g/mol. The van der Waals surface area contributed by atoms with E-state index in [4.69, 9.17) is 4.42 Å². The van der Waals surface area contributed by atoms with Crippen LogP contribution < -0.4 is 5.56 Å². The maximum absolute atomic E-state index is 11.2. The Morgan fingerprint density at radius 2 is 2.20 bits per heavy atom. The van der Waals surface area contributed by atoms with Crippen LogP contribution in [0.4, 0.5) is 0 Å². The van der Waals surface area contributed by atoms with Crippen LogP contribution in [0.25, 0.3) is 11.5 Å². The highest BCUT2D eigenvalue weighted by Crippen LogP contribution is 2.28. The van der Waals surface area contributed by atoms with Gasteiger partial charge in [-0.05, 0) is 24.6 Å². The molecule has 0 aliphatic carbocycles. The van der Waals surface area contributed by atoms with Gasteiger partial charge >= 0.3 is 0 Å². The molecule has 0 aromatic carbocycles. The molecular formula is C11H11NO2S. The maximum Gasteiger partial charge on any atom is 0.248 e. The molecule has 2 aromatic heterocycles. The normalized spacial score (nSPS) is 12.7. The van der Waals surface area contributed by atoms with E-state index in [0.717, 1.165) is 5.56 Å². The number of aromatic amines is 1. The molecule has 0 amide bonds. The Bertz CT molecular complexity index is 500. The first-order valence-corrected chi connectivity index (χ1v) is 5.15. The second kappa shape index (κ2) is 3.98. The molecule has 1 N–H and O–H groups in total. The maximum atomic E-state index is 11.2. The molecule has 0 bridgehead atoms. The summed E-state index contributed by atoms with van der Waals surface area (Å²) in [7, 11) is 0. The van der Waals surface area contributed by atoms with Gasteiger partial charge in [-0.1, -0.05) is 6.07 Å². The van der Waals surface area contributed by atoms with Gasteiger partial charge in [-0.25, -0.2) is 0 Å². The molecule has 0 fully saturated rings. The molecule has 1 unspecified atom stereocenters. The Morgan fingerprint density at radius 3 is 2.80 bits per heavy atom. The van der Waals surface area contributed by atoms with E-state index >= 15 is 0 Å². The third-order valence-corrected chi connectivity index (χ3v) is 2.45. The summed E-state index contributed by atoms with van der Waals surface area (Å²) in [5, 5.41) is 0.0435. The average molecular weight is 221 g/mol. The third kappa shape index (κ3) is 1.99. The first-order valence-electron chi connectivity index (χ1n) is 4.63. The average Bonchev–Trinajstić information content (AvgIpc) is 2.69. The zero-order chi connectivity index (χ0) is 10.8. The molecule has 2 aromatic rings. The summed E-state index contributed by atoms with van der Waals surface area (Å²) in [5.74, 6) is 0.656. The van der Waals surface area contributed by atoms with Crippen molar-refractivity contribution in [2.45, 2.75) is 12.2 Å². The van der Waals surface area contributed by atoms with Crippen LogP contribution in [0, 0.1) is 0 Å². The van der Waals surface area contributed by atoms with Gasteiger partial charge in [-0.3, -0.25) is 4.79 Å². The highest BCUT2D eigenvalue weighted by atomic mass is 32.1. The van der Waals surface area contributed by atoms with Crippen molar-refractivity contribution in [1.82, 2.24) is 4.98 Å². The lowest BCUT2D eigenvalue weighted by atomic mass is 10.1. The second-order valence-corrected chi connectivity index (χ2v) is 4.08. The van der Waals surface area contributed by atoms with E-state index in [1.165, 1.54) is 6.07 Å². The van der Waals surface area contributed by atoms with Crippen LogP contribution in [0.2, 0.25) is 0 Å². The van der Waals surface area contributed by atoms with Gasteiger partial charge in [0.15, 0.2) is 0 Å². The largest absolute Gasteiger partial charge is 0.463 e. The predicted molar refractivity (Wildman–Crippen MR) is 62.2 cm³/mol. The number of pyridine rings is 1. The van der Waals surface area contributed by atoms with Crippen LogP contribution >= 0.6 is 12.6 Å². The minimum Gasteiger partial charge on any atom is -0.463 e. The number of H-pyrrole nitrogens is 1. The molecule has 1 atom stereocenters. The number of hydrogen-bond donors (Lipinski definition) is 2. The summed E-state index contributed by atoms with van der Waals surface area (Å²) in [6.45, 7) is 1.95. The van der Waals surface area contributed by atoms with E-state index in [-0.39, 0.29) is 10.8 Å². The Labute approximate surface area is 92.5 Å². The van der Waals surface area contributed by atoms with Crippen molar-refractivity contribution >= 4 is 12.6 Å². The zero-order valence-corrected chi connectivity index (χ0v) is 9.12. The highest BCUT2D eigenvalue weighted by molar-refractivity contribution is 7.80. The van der Waals surface area contributed by atoms with Crippen molar-refractivity contribution in [2.24, 2.45) is 0 Å². The minimum atomic E-state index is -0.140. The molecule has 0 spiro atoms. The first kappa shape index (κ1) is 10.1. The summed E-state index contributed by atoms with van der Waals surface area (Å²) in [5.41, 5.74) is 1.52. The lowest BCUT2D eigenvalue weighted by Crippen LogP contribution is -2.07. The molecule has 2 heterocycles. The molecule has 0 aliphatic rings. The van der Waals surface area contributed by atoms with Gasteiger partial charge in [0.2, 0.25) is 5.56 Å². The molecule has 0 radical (unpaired) electrons. The fourth-order valence-corrected chi connectivity index (χ4v) is 1.67. The second-order valence-electron chi connectivity index (χ2n) is 3.31. The van der Waals surface area contributed by atoms with Crippen LogP contribution in [0.3, 0.4) is 0 Å². The molecule has 2 rings (SSSR count). The van der Waals surface area contributed by atoms with Gasteiger partial charge < -0.3 is 9.40 Å². The van der Waals surface area contributed by atoms with Crippen molar-refractivity contribution in [2.75, 3.05) is 0 Å². The SMILES string of the molecule is CC(S)c1ccc(=O)[nH]c1-c1ccco1. The van der Waals surface area contributed by atoms with Crippen molar-refractivity contribution in [1.29, 1.82) is 0 Å². The summed E-state index contributed by atoms with van der Waals surface area (Å²) in [6, 6.07) is 6.86. The zero-order valence-electron chi connectivity index (χ0n) is 8.23. The Morgan fingerprint density at radius 1 is 1.40 bits per heavy atom. The smallest absolute Gasteiger partial charge is 0.248 e. The Hall–Kier alpha value is -1.42. The molecule has 3 nitrogen and oxygen atoms in total. The first-order chi connectivity index (χ1) is 7.18. The van der Waals surface area contributed by atoms with E-state index in [1.54, 1.807) is 18.4 Å². The third-order valence-electron chi connectivity index (χ3n) is 2.17. The molecule has 15 heavy (non-hydrogen) atoms. The Balaban J connectivity index is 2.63. The van der Waals surface area contributed by atoms with Crippen molar-refractivity contribution < 1.29 is 4.42 Å². The summed E-state index contributed by atoms with van der Waals surface area (Å²) < 4.78 is 5.26. The van der Waals surface area contributed by atoms with E-state index in [2.05, 4.69) is 17.6 Å². The van der Waals surface area contributed by atoms with Gasteiger partial charge in [0, 0.05) is 11.3 Å². The summed E-state index contributed by atoms with van der Waals surface area (Å²) in [4.78, 5) is 14.0. The number of hydrogen-bond acceptors (Lipinski definition) is 3. The standard InChI is InChI=1S/C11H11NO2S/c1-7(15)8-4-5-10(13)12-11(8)9-3-2-6-14-9/h2-7,15H,1H3,(H,12,13). The lowest BCUT2D eigenvalue weighted by molar-refractivity contribution is 0.579. The molecule has 4 heteroatoms.